The predicted molar refractivity (Wildman–Crippen MR) is 52.1 cm³/mol. The van der Waals surface area contributed by atoms with E-state index in [1.165, 1.54) is 11.1 Å². The van der Waals surface area contributed by atoms with E-state index in [9.17, 15) is 0 Å². The quantitative estimate of drug-likeness (QED) is 0.657. The van der Waals surface area contributed by atoms with Gasteiger partial charge in [-0.2, -0.15) is 0 Å². The number of hydrogen-bond donors (Lipinski definition) is 0. The van der Waals surface area contributed by atoms with E-state index >= 15 is 0 Å². The lowest BCUT2D eigenvalue weighted by Gasteiger charge is -2.05. The molecule has 0 N–H and O–H groups in total. The minimum atomic E-state index is 0.535. The number of rotatable bonds is 3. The van der Waals surface area contributed by atoms with Crippen molar-refractivity contribution in [1.82, 2.24) is 0 Å². The van der Waals surface area contributed by atoms with Crippen LogP contribution in [0.4, 0.5) is 0 Å². The van der Waals surface area contributed by atoms with Crippen LogP contribution in [0.1, 0.15) is 11.1 Å². The Balaban J connectivity index is 2.69. The van der Waals surface area contributed by atoms with Crippen LogP contribution in [0.5, 0.6) is 5.75 Å². The normalized spacial score (nSPS) is 9.92. The molecule has 0 spiro atoms. The Morgan fingerprint density at radius 2 is 2.00 bits per heavy atom. The maximum absolute atomic E-state index is 5.50. The minimum absolute atomic E-state index is 0.535. The average molecular weight is 185 g/mol. The van der Waals surface area contributed by atoms with Gasteiger partial charge in [0.1, 0.15) is 12.4 Å². The van der Waals surface area contributed by atoms with E-state index in [1.807, 2.05) is 12.1 Å². The minimum Gasteiger partial charge on any atom is -0.492 e. The summed E-state index contributed by atoms with van der Waals surface area (Å²) in [5, 5.41) is 0. The first-order valence-electron chi connectivity index (χ1n) is 4.00. The van der Waals surface area contributed by atoms with Gasteiger partial charge < -0.3 is 4.74 Å². The molecular formula is C10H13ClO. The lowest BCUT2D eigenvalue weighted by Crippen LogP contribution is -1.98. The van der Waals surface area contributed by atoms with Crippen LogP contribution < -0.4 is 4.74 Å². The highest BCUT2D eigenvalue weighted by Crippen LogP contribution is 2.16. The number of aryl methyl sites for hydroxylation is 2. The molecule has 0 fully saturated rings. The number of ether oxygens (including phenoxy) is 1. The number of alkyl halides is 1. The van der Waals surface area contributed by atoms with Gasteiger partial charge in [-0.25, -0.2) is 0 Å². The van der Waals surface area contributed by atoms with Crippen molar-refractivity contribution in [2.24, 2.45) is 0 Å². The molecular weight excluding hydrogens is 172 g/mol. The molecule has 0 aromatic heterocycles. The Kier molecular flexibility index (Phi) is 3.42. The molecule has 66 valence electrons. The van der Waals surface area contributed by atoms with Crippen molar-refractivity contribution in [2.75, 3.05) is 12.5 Å². The maximum Gasteiger partial charge on any atom is 0.119 e. The summed E-state index contributed by atoms with van der Waals surface area (Å²) in [5.74, 6) is 1.44. The molecule has 0 saturated carbocycles. The van der Waals surface area contributed by atoms with Crippen LogP contribution in [-0.4, -0.2) is 12.5 Å². The highest BCUT2D eigenvalue weighted by Gasteiger charge is 1.95. The second kappa shape index (κ2) is 4.36. The Hall–Kier alpha value is -0.690. The lowest BCUT2D eigenvalue weighted by molar-refractivity contribution is 0.342. The fourth-order valence-electron chi connectivity index (χ4n) is 0.960. The van der Waals surface area contributed by atoms with Gasteiger partial charge in [-0.05, 0) is 37.1 Å². The summed E-state index contributed by atoms with van der Waals surface area (Å²) in [4.78, 5) is 0. The van der Waals surface area contributed by atoms with Gasteiger partial charge in [0.25, 0.3) is 0 Å². The van der Waals surface area contributed by atoms with Crippen LogP contribution in [0, 0.1) is 13.8 Å². The van der Waals surface area contributed by atoms with Crippen LogP contribution in [0.15, 0.2) is 18.2 Å². The van der Waals surface area contributed by atoms with Gasteiger partial charge in [0.05, 0.1) is 5.88 Å². The van der Waals surface area contributed by atoms with Crippen molar-refractivity contribution < 1.29 is 4.74 Å². The monoisotopic (exact) mass is 184 g/mol. The highest BCUT2D eigenvalue weighted by atomic mass is 35.5. The van der Waals surface area contributed by atoms with Gasteiger partial charge in [0.2, 0.25) is 0 Å². The SMILES string of the molecule is Cc1ccc(OCCCl)cc1C. The summed E-state index contributed by atoms with van der Waals surface area (Å²) in [6.45, 7) is 4.73. The van der Waals surface area contributed by atoms with Crippen LogP contribution in [0.3, 0.4) is 0 Å². The number of benzene rings is 1. The van der Waals surface area contributed by atoms with E-state index in [0.717, 1.165) is 5.75 Å². The Morgan fingerprint density at radius 3 is 2.58 bits per heavy atom. The molecule has 1 aromatic carbocycles. The first kappa shape index (κ1) is 9.40. The summed E-state index contributed by atoms with van der Waals surface area (Å²) >= 11 is 5.50. The third-order valence-electron chi connectivity index (χ3n) is 1.82. The first-order valence-corrected chi connectivity index (χ1v) is 4.53. The average Bonchev–Trinajstić information content (AvgIpc) is 2.07. The molecule has 0 unspecified atom stereocenters. The lowest BCUT2D eigenvalue weighted by atomic mass is 10.1. The maximum atomic E-state index is 5.50. The van der Waals surface area contributed by atoms with Gasteiger partial charge in [-0.3, -0.25) is 0 Å². The molecule has 12 heavy (non-hydrogen) atoms. The summed E-state index contributed by atoms with van der Waals surface area (Å²) in [5.41, 5.74) is 2.54. The molecule has 0 aliphatic rings. The Morgan fingerprint density at radius 1 is 1.25 bits per heavy atom. The molecule has 0 atom stereocenters. The standard InChI is InChI=1S/C10H13ClO/c1-8-3-4-10(7-9(8)2)12-6-5-11/h3-4,7H,5-6H2,1-2H3. The number of hydrogen-bond acceptors (Lipinski definition) is 1. The van der Waals surface area contributed by atoms with Gasteiger partial charge in [-0.15, -0.1) is 11.6 Å². The van der Waals surface area contributed by atoms with Crippen LogP contribution in [0.2, 0.25) is 0 Å². The van der Waals surface area contributed by atoms with E-state index in [-0.39, 0.29) is 0 Å². The van der Waals surface area contributed by atoms with E-state index in [4.69, 9.17) is 16.3 Å². The Labute approximate surface area is 78.3 Å². The molecule has 2 heteroatoms. The van der Waals surface area contributed by atoms with Crippen molar-refractivity contribution in [3.8, 4) is 5.75 Å². The zero-order chi connectivity index (χ0) is 8.97. The van der Waals surface area contributed by atoms with Crippen LogP contribution >= 0.6 is 11.6 Å². The zero-order valence-corrected chi connectivity index (χ0v) is 8.19. The van der Waals surface area contributed by atoms with E-state index in [1.54, 1.807) is 0 Å². The molecule has 1 rings (SSSR count). The van der Waals surface area contributed by atoms with Crippen LogP contribution in [-0.2, 0) is 0 Å². The van der Waals surface area contributed by atoms with Gasteiger partial charge >= 0.3 is 0 Å². The van der Waals surface area contributed by atoms with Crippen molar-refractivity contribution in [3.63, 3.8) is 0 Å². The fourth-order valence-corrected chi connectivity index (χ4v) is 1.04. The third-order valence-corrected chi connectivity index (χ3v) is 1.98. The summed E-state index contributed by atoms with van der Waals surface area (Å²) in [7, 11) is 0. The molecule has 1 aromatic rings. The van der Waals surface area contributed by atoms with Crippen LogP contribution in [0.25, 0.3) is 0 Å². The van der Waals surface area contributed by atoms with E-state index < -0.39 is 0 Å². The predicted octanol–water partition coefficient (Wildman–Crippen LogP) is 2.92. The van der Waals surface area contributed by atoms with Crippen molar-refractivity contribution >= 4 is 11.6 Å². The Bertz CT molecular complexity index is 258. The first-order chi connectivity index (χ1) is 5.74. The van der Waals surface area contributed by atoms with E-state index in [2.05, 4.69) is 19.9 Å². The molecule has 1 nitrogen and oxygen atoms in total. The highest BCUT2D eigenvalue weighted by molar-refractivity contribution is 6.17. The second-order valence-electron chi connectivity index (χ2n) is 2.78. The topological polar surface area (TPSA) is 9.23 Å². The van der Waals surface area contributed by atoms with Gasteiger partial charge in [0, 0.05) is 0 Å². The van der Waals surface area contributed by atoms with Gasteiger partial charge in [-0.1, -0.05) is 6.07 Å². The van der Waals surface area contributed by atoms with Crippen molar-refractivity contribution in [1.29, 1.82) is 0 Å². The molecule has 0 amide bonds. The largest absolute Gasteiger partial charge is 0.492 e. The molecule has 0 aliphatic carbocycles. The van der Waals surface area contributed by atoms with Crippen molar-refractivity contribution in [2.45, 2.75) is 13.8 Å². The fraction of sp³-hybridized carbons (Fsp3) is 0.400. The van der Waals surface area contributed by atoms with Gasteiger partial charge in [0.15, 0.2) is 0 Å². The summed E-state index contributed by atoms with van der Waals surface area (Å²) < 4.78 is 5.36. The molecule has 0 aliphatic heterocycles. The summed E-state index contributed by atoms with van der Waals surface area (Å²) in [6.07, 6.45) is 0. The molecule has 0 heterocycles. The summed E-state index contributed by atoms with van der Waals surface area (Å²) in [6, 6.07) is 6.05. The molecule has 0 bridgehead atoms. The van der Waals surface area contributed by atoms with Crippen molar-refractivity contribution in [3.05, 3.63) is 29.3 Å². The molecule has 0 saturated heterocycles. The smallest absolute Gasteiger partial charge is 0.119 e. The zero-order valence-electron chi connectivity index (χ0n) is 7.43. The second-order valence-corrected chi connectivity index (χ2v) is 3.16. The molecule has 0 radical (unpaired) electrons. The number of halogens is 1. The van der Waals surface area contributed by atoms with E-state index in [0.29, 0.717) is 12.5 Å². The third kappa shape index (κ3) is 2.42.